The fraction of sp³-hybridized carbons (Fsp3) is 0.294. The van der Waals surface area contributed by atoms with Crippen molar-refractivity contribution < 1.29 is 4.79 Å². The average molecular weight is 313 g/mol. The van der Waals surface area contributed by atoms with E-state index in [1.165, 1.54) is 5.56 Å². The lowest BCUT2D eigenvalue weighted by Gasteiger charge is -2.17. The number of aryl methyl sites for hydroxylation is 3. The van der Waals surface area contributed by atoms with Gasteiger partial charge in [-0.3, -0.25) is 4.79 Å². The van der Waals surface area contributed by atoms with Gasteiger partial charge < -0.3 is 9.47 Å². The lowest BCUT2D eigenvalue weighted by atomic mass is 10.1. The second kappa shape index (κ2) is 5.57. The summed E-state index contributed by atoms with van der Waals surface area (Å²) in [5, 5.41) is 3.12. The maximum atomic E-state index is 12.9. The molecule has 0 fully saturated rings. The summed E-state index contributed by atoms with van der Waals surface area (Å²) in [7, 11) is 3.79. The van der Waals surface area contributed by atoms with Crippen molar-refractivity contribution in [1.29, 1.82) is 0 Å². The minimum absolute atomic E-state index is 0.0311. The molecule has 0 radical (unpaired) electrons. The number of hydrogen-bond donors (Lipinski definition) is 0. The second-order valence-corrected chi connectivity index (χ2v) is 6.36. The van der Waals surface area contributed by atoms with E-state index in [0.29, 0.717) is 6.54 Å². The van der Waals surface area contributed by atoms with Crippen LogP contribution in [0.25, 0.3) is 10.9 Å². The Morgan fingerprint density at radius 2 is 2.14 bits per heavy atom. The van der Waals surface area contributed by atoms with Crippen molar-refractivity contribution in [2.75, 3.05) is 7.05 Å². The molecule has 0 aliphatic carbocycles. The number of carbonyl (C=O) groups is 1. The van der Waals surface area contributed by atoms with E-state index in [1.54, 1.807) is 21.7 Å². The van der Waals surface area contributed by atoms with E-state index in [9.17, 15) is 4.79 Å². The molecule has 0 unspecified atom stereocenters. The molecule has 22 heavy (non-hydrogen) atoms. The molecule has 0 bridgehead atoms. The summed E-state index contributed by atoms with van der Waals surface area (Å²) in [6.45, 7) is 4.63. The number of nitrogens with zero attached hydrogens (tertiary/aromatic N) is 3. The summed E-state index contributed by atoms with van der Waals surface area (Å²) in [5.74, 6) is 0.0311. The summed E-state index contributed by atoms with van der Waals surface area (Å²) in [5.41, 5.74) is 6.82. The first-order valence-electron chi connectivity index (χ1n) is 7.18. The summed E-state index contributed by atoms with van der Waals surface area (Å²) in [4.78, 5) is 18.9. The van der Waals surface area contributed by atoms with Crippen LogP contribution < -0.4 is 0 Å². The van der Waals surface area contributed by atoms with Crippen LogP contribution >= 0.6 is 11.3 Å². The van der Waals surface area contributed by atoms with Gasteiger partial charge >= 0.3 is 0 Å². The van der Waals surface area contributed by atoms with Crippen molar-refractivity contribution in [3.05, 3.63) is 51.6 Å². The van der Waals surface area contributed by atoms with Crippen LogP contribution in [0.3, 0.4) is 0 Å². The summed E-state index contributed by atoms with van der Waals surface area (Å²) < 4.78 is 2.01. The predicted molar refractivity (Wildman–Crippen MR) is 90.3 cm³/mol. The van der Waals surface area contributed by atoms with Crippen molar-refractivity contribution in [3.63, 3.8) is 0 Å². The second-order valence-electron chi connectivity index (χ2n) is 5.64. The Labute approximate surface area is 134 Å². The zero-order valence-electron chi connectivity index (χ0n) is 13.3. The zero-order chi connectivity index (χ0) is 15.9. The summed E-state index contributed by atoms with van der Waals surface area (Å²) >= 11 is 1.55. The Balaban J connectivity index is 2.02. The maximum absolute atomic E-state index is 12.9. The molecular formula is C17H19N3OS. The smallest absolute Gasteiger partial charge is 0.270 e. The highest BCUT2D eigenvalue weighted by molar-refractivity contribution is 7.07. The highest BCUT2D eigenvalue weighted by Gasteiger charge is 2.22. The number of benzene rings is 1. The monoisotopic (exact) mass is 313 g/mol. The van der Waals surface area contributed by atoms with Crippen LogP contribution in [0.5, 0.6) is 0 Å². The molecule has 114 valence electrons. The van der Waals surface area contributed by atoms with E-state index in [2.05, 4.69) is 24.0 Å². The Kier molecular flexibility index (Phi) is 3.74. The first-order chi connectivity index (χ1) is 10.5. The van der Waals surface area contributed by atoms with Crippen LogP contribution in [-0.2, 0) is 13.6 Å². The van der Waals surface area contributed by atoms with Crippen LogP contribution in [-0.4, -0.2) is 27.4 Å². The van der Waals surface area contributed by atoms with E-state index in [1.807, 2.05) is 37.0 Å². The summed E-state index contributed by atoms with van der Waals surface area (Å²) in [6, 6.07) is 6.20. The Morgan fingerprint density at radius 1 is 1.36 bits per heavy atom. The van der Waals surface area contributed by atoms with Crippen molar-refractivity contribution in [1.82, 2.24) is 14.5 Å². The van der Waals surface area contributed by atoms with Crippen LogP contribution in [0.15, 0.2) is 29.1 Å². The van der Waals surface area contributed by atoms with Gasteiger partial charge in [-0.2, -0.15) is 0 Å². The van der Waals surface area contributed by atoms with Gasteiger partial charge in [-0.05, 0) is 25.0 Å². The Hall–Kier alpha value is -2.14. The molecule has 1 amide bonds. The maximum Gasteiger partial charge on any atom is 0.270 e. The quantitative estimate of drug-likeness (QED) is 0.742. The minimum Gasteiger partial charge on any atom is -0.339 e. The van der Waals surface area contributed by atoms with Gasteiger partial charge in [0.05, 0.1) is 23.3 Å². The number of fused-ring (bicyclic) bond motifs is 1. The highest BCUT2D eigenvalue weighted by Crippen LogP contribution is 2.28. The molecule has 2 heterocycles. The van der Waals surface area contributed by atoms with E-state index >= 15 is 0 Å². The fourth-order valence-electron chi connectivity index (χ4n) is 3.01. The number of para-hydroxylation sites is 1. The molecular weight excluding hydrogens is 294 g/mol. The number of rotatable bonds is 3. The zero-order valence-corrected chi connectivity index (χ0v) is 14.1. The van der Waals surface area contributed by atoms with Crippen LogP contribution in [0.1, 0.15) is 27.3 Å². The van der Waals surface area contributed by atoms with Crippen molar-refractivity contribution in [2.45, 2.75) is 20.4 Å². The van der Waals surface area contributed by atoms with Crippen LogP contribution in [0, 0.1) is 13.8 Å². The molecule has 0 spiro atoms. The van der Waals surface area contributed by atoms with Crippen molar-refractivity contribution in [2.24, 2.45) is 7.05 Å². The Morgan fingerprint density at radius 3 is 2.77 bits per heavy atom. The minimum atomic E-state index is 0.0311. The molecule has 3 rings (SSSR count). The topological polar surface area (TPSA) is 38.1 Å². The predicted octanol–water partition coefficient (Wildman–Crippen LogP) is 3.52. The van der Waals surface area contributed by atoms with Gasteiger partial charge in [-0.15, -0.1) is 11.3 Å². The standard InChI is InChI=1S/C17H19N3OS/c1-11-6-5-7-14-12(2)16(20(4)15(11)14)17(21)19(3)8-13-9-22-10-18-13/h5-7,9-10H,8H2,1-4H3. The fourth-order valence-corrected chi connectivity index (χ4v) is 3.56. The van der Waals surface area contributed by atoms with Crippen LogP contribution in [0.4, 0.5) is 0 Å². The molecule has 0 saturated carbocycles. The van der Waals surface area contributed by atoms with E-state index < -0.39 is 0 Å². The molecule has 2 aromatic heterocycles. The Bertz CT molecular complexity index is 833. The van der Waals surface area contributed by atoms with Gasteiger partial charge in [0.2, 0.25) is 0 Å². The molecule has 4 nitrogen and oxygen atoms in total. The van der Waals surface area contributed by atoms with E-state index in [0.717, 1.165) is 27.9 Å². The number of hydrogen-bond acceptors (Lipinski definition) is 3. The third kappa shape index (κ3) is 2.31. The largest absolute Gasteiger partial charge is 0.339 e. The molecule has 0 aliphatic rings. The molecule has 0 aliphatic heterocycles. The van der Waals surface area contributed by atoms with Gasteiger partial charge in [0.1, 0.15) is 5.69 Å². The normalized spacial score (nSPS) is 11.1. The molecule has 0 saturated heterocycles. The van der Waals surface area contributed by atoms with Gasteiger partial charge in [0, 0.05) is 24.9 Å². The number of aromatic nitrogens is 2. The highest BCUT2D eigenvalue weighted by atomic mass is 32.1. The average Bonchev–Trinajstić information content (AvgIpc) is 3.07. The molecule has 3 aromatic rings. The molecule has 0 N–H and O–H groups in total. The molecule has 0 atom stereocenters. The molecule has 5 heteroatoms. The van der Waals surface area contributed by atoms with Gasteiger partial charge in [-0.25, -0.2) is 4.98 Å². The molecule has 1 aromatic carbocycles. The number of carbonyl (C=O) groups excluding carboxylic acids is 1. The van der Waals surface area contributed by atoms with E-state index in [4.69, 9.17) is 0 Å². The summed E-state index contributed by atoms with van der Waals surface area (Å²) in [6.07, 6.45) is 0. The lowest BCUT2D eigenvalue weighted by Crippen LogP contribution is -2.28. The van der Waals surface area contributed by atoms with Crippen molar-refractivity contribution in [3.8, 4) is 0 Å². The first kappa shape index (κ1) is 14.8. The van der Waals surface area contributed by atoms with E-state index in [-0.39, 0.29) is 5.91 Å². The third-order valence-electron chi connectivity index (χ3n) is 4.10. The SMILES string of the molecule is Cc1c(C(=O)N(C)Cc2cscn2)n(C)c2c(C)cccc12. The first-order valence-corrected chi connectivity index (χ1v) is 8.12. The number of thiazole rings is 1. The van der Waals surface area contributed by atoms with Crippen LogP contribution in [0.2, 0.25) is 0 Å². The lowest BCUT2D eigenvalue weighted by molar-refractivity contribution is 0.0774. The van der Waals surface area contributed by atoms with Gasteiger partial charge in [-0.1, -0.05) is 18.2 Å². The third-order valence-corrected chi connectivity index (χ3v) is 4.73. The van der Waals surface area contributed by atoms with Gasteiger partial charge in [0.25, 0.3) is 5.91 Å². The number of amides is 1. The van der Waals surface area contributed by atoms with Crippen molar-refractivity contribution >= 4 is 28.1 Å². The van der Waals surface area contributed by atoms with Gasteiger partial charge in [0.15, 0.2) is 0 Å².